The summed E-state index contributed by atoms with van der Waals surface area (Å²) in [5, 5.41) is 9.92. The molecule has 0 saturated carbocycles. The van der Waals surface area contributed by atoms with Gasteiger partial charge >= 0.3 is 5.97 Å². The normalized spacial score (nSPS) is 21.8. The zero-order valence-corrected chi connectivity index (χ0v) is 8.88. The molecule has 1 aliphatic heterocycles. The predicted octanol–water partition coefficient (Wildman–Crippen LogP) is -0.374. The number of hydrogen-bond acceptors (Lipinski definition) is 4. The summed E-state index contributed by atoms with van der Waals surface area (Å²) in [6.07, 6.45) is 1.03. The molecule has 5 nitrogen and oxygen atoms in total. The SMILES string of the molecule is CC(C(=O)O)S(=O)(=O)C1CCNCC1. The van der Waals surface area contributed by atoms with E-state index in [2.05, 4.69) is 5.32 Å². The third-order valence-corrected chi connectivity index (χ3v) is 5.18. The van der Waals surface area contributed by atoms with Gasteiger partial charge in [0.05, 0.1) is 5.25 Å². The first-order valence-corrected chi connectivity index (χ1v) is 6.23. The Hall–Kier alpha value is -0.620. The van der Waals surface area contributed by atoms with Crippen molar-refractivity contribution in [3.05, 3.63) is 0 Å². The summed E-state index contributed by atoms with van der Waals surface area (Å²) in [5.74, 6) is -1.26. The number of carboxylic acids is 1. The van der Waals surface area contributed by atoms with Gasteiger partial charge in [-0.1, -0.05) is 0 Å². The first kappa shape index (κ1) is 11.5. The summed E-state index contributed by atoms with van der Waals surface area (Å²) in [5.41, 5.74) is 0. The standard InChI is InChI=1S/C8H15NO4S/c1-6(8(10)11)14(12,13)7-2-4-9-5-3-7/h6-7,9H,2-5H2,1H3,(H,10,11). The molecule has 1 atom stereocenters. The van der Waals surface area contributed by atoms with Gasteiger partial charge in [-0.15, -0.1) is 0 Å². The van der Waals surface area contributed by atoms with E-state index in [0.29, 0.717) is 25.9 Å². The quantitative estimate of drug-likeness (QED) is 0.679. The van der Waals surface area contributed by atoms with Crippen LogP contribution in [0.5, 0.6) is 0 Å². The van der Waals surface area contributed by atoms with E-state index in [0.717, 1.165) is 0 Å². The summed E-state index contributed by atoms with van der Waals surface area (Å²) >= 11 is 0. The molecule has 0 radical (unpaired) electrons. The summed E-state index contributed by atoms with van der Waals surface area (Å²) < 4.78 is 23.4. The largest absolute Gasteiger partial charge is 0.480 e. The molecule has 0 aromatic carbocycles. The van der Waals surface area contributed by atoms with E-state index in [4.69, 9.17) is 5.11 Å². The number of nitrogens with one attached hydrogen (secondary N) is 1. The van der Waals surface area contributed by atoms with E-state index in [1.165, 1.54) is 6.92 Å². The van der Waals surface area contributed by atoms with Crippen LogP contribution in [0.3, 0.4) is 0 Å². The first-order valence-electron chi connectivity index (χ1n) is 4.62. The van der Waals surface area contributed by atoms with Gasteiger partial charge in [0.15, 0.2) is 15.1 Å². The fraction of sp³-hybridized carbons (Fsp3) is 0.875. The Morgan fingerprint density at radius 1 is 1.43 bits per heavy atom. The molecule has 0 aromatic heterocycles. The number of carboxylic acid groups (broad SMARTS) is 1. The molecule has 0 aliphatic carbocycles. The Balaban J connectivity index is 2.78. The van der Waals surface area contributed by atoms with E-state index < -0.39 is 26.3 Å². The number of aliphatic carboxylic acids is 1. The Kier molecular flexibility index (Phi) is 3.49. The number of sulfone groups is 1. The highest BCUT2D eigenvalue weighted by Crippen LogP contribution is 2.18. The van der Waals surface area contributed by atoms with Crippen molar-refractivity contribution in [2.75, 3.05) is 13.1 Å². The molecule has 2 N–H and O–H groups in total. The maximum atomic E-state index is 11.7. The molecule has 0 amide bonds. The molecule has 1 saturated heterocycles. The minimum absolute atomic E-state index is 0.491. The van der Waals surface area contributed by atoms with Crippen LogP contribution < -0.4 is 5.32 Å². The molecule has 1 fully saturated rings. The van der Waals surface area contributed by atoms with Gasteiger partial charge in [-0.3, -0.25) is 4.79 Å². The lowest BCUT2D eigenvalue weighted by molar-refractivity contribution is -0.136. The second kappa shape index (κ2) is 4.27. The lowest BCUT2D eigenvalue weighted by Crippen LogP contribution is -2.41. The third kappa shape index (κ3) is 2.24. The molecule has 0 aromatic rings. The first-order chi connectivity index (χ1) is 6.46. The predicted molar refractivity (Wildman–Crippen MR) is 51.9 cm³/mol. The second-order valence-corrected chi connectivity index (χ2v) is 6.07. The van der Waals surface area contributed by atoms with E-state index in [-0.39, 0.29) is 0 Å². The van der Waals surface area contributed by atoms with Crippen LogP contribution in [-0.4, -0.2) is 43.1 Å². The van der Waals surface area contributed by atoms with Gasteiger partial charge in [-0.05, 0) is 32.9 Å². The van der Waals surface area contributed by atoms with Crippen molar-refractivity contribution in [3.63, 3.8) is 0 Å². The topological polar surface area (TPSA) is 83.5 Å². The molecular weight excluding hydrogens is 206 g/mol. The number of piperidine rings is 1. The summed E-state index contributed by atoms with van der Waals surface area (Å²) in [6, 6.07) is 0. The number of hydrogen-bond donors (Lipinski definition) is 2. The molecule has 0 spiro atoms. The Labute approximate surface area is 83.4 Å². The lowest BCUT2D eigenvalue weighted by atomic mass is 10.2. The Morgan fingerprint density at radius 2 is 1.93 bits per heavy atom. The zero-order chi connectivity index (χ0) is 10.8. The van der Waals surface area contributed by atoms with E-state index in [1.54, 1.807) is 0 Å². The molecule has 6 heteroatoms. The van der Waals surface area contributed by atoms with Crippen LogP contribution in [0.4, 0.5) is 0 Å². The molecular formula is C8H15NO4S. The summed E-state index contributed by atoms with van der Waals surface area (Å²) in [4.78, 5) is 10.6. The highest BCUT2D eigenvalue weighted by atomic mass is 32.2. The maximum absolute atomic E-state index is 11.7. The van der Waals surface area contributed by atoms with Crippen LogP contribution in [0.1, 0.15) is 19.8 Å². The van der Waals surface area contributed by atoms with Crippen LogP contribution in [-0.2, 0) is 14.6 Å². The molecule has 1 aliphatic rings. The minimum atomic E-state index is -3.50. The van der Waals surface area contributed by atoms with Crippen LogP contribution in [0, 0.1) is 0 Å². The van der Waals surface area contributed by atoms with Crippen molar-refractivity contribution in [2.45, 2.75) is 30.3 Å². The average molecular weight is 221 g/mol. The van der Waals surface area contributed by atoms with Gasteiger partial charge in [0.2, 0.25) is 0 Å². The maximum Gasteiger partial charge on any atom is 0.321 e. The van der Waals surface area contributed by atoms with E-state index in [1.807, 2.05) is 0 Å². The molecule has 1 unspecified atom stereocenters. The zero-order valence-electron chi connectivity index (χ0n) is 8.06. The van der Waals surface area contributed by atoms with Crippen LogP contribution in [0.2, 0.25) is 0 Å². The lowest BCUT2D eigenvalue weighted by Gasteiger charge is -2.24. The monoisotopic (exact) mass is 221 g/mol. The van der Waals surface area contributed by atoms with Crippen LogP contribution >= 0.6 is 0 Å². The van der Waals surface area contributed by atoms with Crippen molar-refractivity contribution < 1.29 is 18.3 Å². The number of carbonyl (C=O) groups is 1. The minimum Gasteiger partial charge on any atom is -0.480 e. The average Bonchev–Trinajstić information content (AvgIpc) is 2.18. The fourth-order valence-electron chi connectivity index (χ4n) is 1.55. The van der Waals surface area contributed by atoms with Crippen molar-refractivity contribution in [2.24, 2.45) is 0 Å². The molecule has 82 valence electrons. The molecule has 0 bridgehead atoms. The van der Waals surface area contributed by atoms with Crippen molar-refractivity contribution >= 4 is 15.8 Å². The molecule has 1 heterocycles. The Bertz CT molecular complexity index is 305. The summed E-state index contributed by atoms with van der Waals surface area (Å²) in [6.45, 7) is 2.53. The van der Waals surface area contributed by atoms with Gasteiger partial charge in [-0.25, -0.2) is 8.42 Å². The van der Waals surface area contributed by atoms with Crippen molar-refractivity contribution in [1.29, 1.82) is 0 Å². The third-order valence-electron chi connectivity index (χ3n) is 2.59. The fourth-order valence-corrected chi connectivity index (χ4v) is 3.30. The number of rotatable bonds is 3. The van der Waals surface area contributed by atoms with Crippen LogP contribution in [0.15, 0.2) is 0 Å². The van der Waals surface area contributed by atoms with Gasteiger partial charge in [0.1, 0.15) is 0 Å². The van der Waals surface area contributed by atoms with Gasteiger partial charge in [0, 0.05) is 0 Å². The molecule has 1 rings (SSSR count). The van der Waals surface area contributed by atoms with Gasteiger partial charge in [0.25, 0.3) is 0 Å². The molecule has 14 heavy (non-hydrogen) atoms. The van der Waals surface area contributed by atoms with Crippen molar-refractivity contribution in [3.8, 4) is 0 Å². The van der Waals surface area contributed by atoms with E-state index >= 15 is 0 Å². The van der Waals surface area contributed by atoms with Crippen molar-refractivity contribution in [1.82, 2.24) is 5.32 Å². The van der Waals surface area contributed by atoms with E-state index in [9.17, 15) is 13.2 Å². The summed E-state index contributed by atoms with van der Waals surface area (Å²) in [7, 11) is -3.50. The second-order valence-electron chi connectivity index (χ2n) is 3.52. The van der Waals surface area contributed by atoms with Gasteiger partial charge < -0.3 is 10.4 Å². The highest BCUT2D eigenvalue weighted by Gasteiger charge is 2.35. The Morgan fingerprint density at radius 3 is 2.36 bits per heavy atom. The highest BCUT2D eigenvalue weighted by molar-refractivity contribution is 7.93. The smallest absolute Gasteiger partial charge is 0.321 e. The van der Waals surface area contributed by atoms with Crippen LogP contribution in [0.25, 0.3) is 0 Å². The van der Waals surface area contributed by atoms with Gasteiger partial charge in [-0.2, -0.15) is 0 Å².